The number of hydrogen-bond donors (Lipinski definition) is 0. The molecule has 5 nitrogen and oxygen atoms in total. The van der Waals surface area contributed by atoms with Crippen molar-refractivity contribution in [1.82, 2.24) is 0 Å². The summed E-state index contributed by atoms with van der Waals surface area (Å²) in [5.41, 5.74) is 2.18. The van der Waals surface area contributed by atoms with Crippen molar-refractivity contribution in [1.29, 1.82) is 0 Å². The van der Waals surface area contributed by atoms with E-state index in [0.29, 0.717) is 22.4 Å². The van der Waals surface area contributed by atoms with Crippen LogP contribution in [0.5, 0.6) is 5.75 Å². The van der Waals surface area contributed by atoms with E-state index in [0.717, 1.165) is 12.0 Å². The molecule has 0 N–H and O–H groups in total. The summed E-state index contributed by atoms with van der Waals surface area (Å²) in [7, 11) is -2.30. The van der Waals surface area contributed by atoms with Crippen molar-refractivity contribution in [3.05, 3.63) is 90.0 Å². The highest BCUT2D eigenvalue weighted by atomic mass is 32.2. The molecule has 6 heteroatoms. The SMILES string of the molecule is CCc1cccc(N=c2oc3c(OC)cccc3cc2S(=O)(=O)c2ccccc2)c1. The van der Waals surface area contributed by atoms with Crippen molar-refractivity contribution >= 4 is 26.5 Å². The summed E-state index contributed by atoms with van der Waals surface area (Å²) in [6, 6.07) is 22.8. The van der Waals surface area contributed by atoms with Crippen LogP contribution in [0.4, 0.5) is 5.69 Å². The highest BCUT2D eigenvalue weighted by molar-refractivity contribution is 7.91. The van der Waals surface area contributed by atoms with Crippen LogP contribution < -0.4 is 10.3 Å². The fraction of sp³-hybridized carbons (Fsp3) is 0.125. The van der Waals surface area contributed by atoms with E-state index < -0.39 is 9.84 Å². The number of fused-ring (bicyclic) bond motifs is 1. The molecule has 30 heavy (non-hydrogen) atoms. The summed E-state index contributed by atoms with van der Waals surface area (Å²) in [5.74, 6) is 0.509. The standard InChI is InChI=1S/C24H21NO4S/c1-3-17-9-7-11-19(15-17)25-24-22(30(26,27)20-12-5-4-6-13-20)16-18-10-8-14-21(28-2)23(18)29-24/h4-16H,3H2,1-2H3. The zero-order valence-corrected chi connectivity index (χ0v) is 17.5. The fourth-order valence-electron chi connectivity index (χ4n) is 3.23. The molecule has 0 saturated carbocycles. The second-order valence-corrected chi connectivity index (χ2v) is 8.66. The highest BCUT2D eigenvalue weighted by Crippen LogP contribution is 2.28. The van der Waals surface area contributed by atoms with Gasteiger partial charge >= 0.3 is 0 Å². The number of sulfone groups is 1. The van der Waals surface area contributed by atoms with Crippen molar-refractivity contribution in [2.24, 2.45) is 4.99 Å². The molecule has 0 aliphatic carbocycles. The van der Waals surface area contributed by atoms with Crippen LogP contribution in [0.25, 0.3) is 11.0 Å². The number of benzene rings is 3. The average molecular weight is 420 g/mol. The summed E-state index contributed by atoms with van der Waals surface area (Å²) in [4.78, 5) is 4.76. The van der Waals surface area contributed by atoms with Gasteiger partial charge in [0.25, 0.3) is 0 Å². The van der Waals surface area contributed by atoms with Crippen LogP contribution in [0.3, 0.4) is 0 Å². The minimum atomic E-state index is -3.84. The molecule has 4 aromatic rings. The van der Waals surface area contributed by atoms with Crippen LogP contribution in [-0.4, -0.2) is 15.5 Å². The maximum Gasteiger partial charge on any atom is 0.239 e. The van der Waals surface area contributed by atoms with Crippen LogP contribution in [-0.2, 0) is 16.3 Å². The van der Waals surface area contributed by atoms with Crippen molar-refractivity contribution in [2.45, 2.75) is 23.1 Å². The van der Waals surface area contributed by atoms with Gasteiger partial charge in [0.1, 0.15) is 4.90 Å². The van der Waals surface area contributed by atoms with Gasteiger partial charge in [0, 0.05) is 5.39 Å². The Morgan fingerprint density at radius 3 is 2.43 bits per heavy atom. The molecule has 0 saturated heterocycles. The second-order valence-electron chi connectivity index (χ2n) is 6.75. The third-order valence-electron chi connectivity index (χ3n) is 4.82. The van der Waals surface area contributed by atoms with Gasteiger partial charge in [-0.15, -0.1) is 0 Å². The third-order valence-corrected chi connectivity index (χ3v) is 6.58. The first-order valence-corrected chi connectivity index (χ1v) is 11.1. The van der Waals surface area contributed by atoms with E-state index in [1.54, 1.807) is 61.7 Å². The summed E-state index contributed by atoms with van der Waals surface area (Å²) in [5, 5.41) is 0.616. The Morgan fingerprint density at radius 1 is 0.933 bits per heavy atom. The number of nitrogens with zero attached hydrogens (tertiary/aromatic N) is 1. The predicted molar refractivity (Wildman–Crippen MR) is 116 cm³/mol. The van der Waals surface area contributed by atoms with Crippen molar-refractivity contribution in [3.8, 4) is 5.75 Å². The molecule has 1 heterocycles. The molecule has 152 valence electrons. The molecule has 0 amide bonds. The molecule has 0 fully saturated rings. The van der Waals surface area contributed by atoms with Gasteiger partial charge < -0.3 is 9.15 Å². The quantitative estimate of drug-likeness (QED) is 0.453. The minimum Gasteiger partial charge on any atom is -0.493 e. The van der Waals surface area contributed by atoms with Gasteiger partial charge in [-0.3, -0.25) is 0 Å². The fourth-order valence-corrected chi connectivity index (χ4v) is 4.60. The monoisotopic (exact) mass is 419 g/mol. The molecular formula is C24H21NO4S. The summed E-state index contributed by atoms with van der Waals surface area (Å²) in [6.07, 6.45) is 0.848. The Kier molecular flexibility index (Phi) is 5.42. The largest absolute Gasteiger partial charge is 0.493 e. The van der Waals surface area contributed by atoms with E-state index in [1.165, 1.54) is 0 Å². The maximum atomic E-state index is 13.4. The van der Waals surface area contributed by atoms with Crippen LogP contribution in [0, 0.1) is 0 Å². The molecule has 1 aromatic heterocycles. The summed E-state index contributed by atoms with van der Waals surface area (Å²) < 4.78 is 38.3. The van der Waals surface area contributed by atoms with Gasteiger partial charge in [-0.1, -0.05) is 49.4 Å². The van der Waals surface area contributed by atoms with E-state index in [1.807, 2.05) is 24.3 Å². The zero-order valence-electron chi connectivity index (χ0n) is 16.7. The molecule has 4 rings (SSSR count). The van der Waals surface area contributed by atoms with E-state index >= 15 is 0 Å². The first-order valence-electron chi connectivity index (χ1n) is 9.57. The Hall–Kier alpha value is -3.38. The second kappa shape index (κ2) is 8.16. The number of ether oxygens (including phenoxy) is 1. The van der Waals surface area contributed by atoms with Crippen molar-refractivity contribution in [2.75, 3.05) is 7.11 Å². The van der Waals surface area contributed by atoms with Crippen molar-refractivity contribution in [3.63, 3.8) is 0 Å². The van der Waals surface area contributed by atoms with Crippen LogP contribution >= 0.6 is 0 Å². The Balaban J connectivity index is 2.06. The maximum absolute atomic E-state index is 13.4. The Bertz CT molecular complexity index is 1370. The van der Waals surface area contributed by atoms with Gasteiger partial charge in [-0.25, -0.2) is 13.4 Å². The van der Waals surface area contributed by atoms with Gasteiger partial charge in [0.2, 0.25) is 15.4 Å². The van der Waals surface area contributed by atoms with E-state index in [-0.39, 0.29) is 15.3 Å². The van der Waals surface area contributed by atoms with Crippen molar-refractivity contribution < 1.29 is 17.6 Å². The zero-order chi connectivity index (χ0) is 21.1. The Labute approximate surface area is 175 Å². The molecule has 0 bridgehead atoms. The number of rotatable bonds is 5. The lowest BCUT2D eigenvalue weighted by atomic mass is 10.1. The third kappa shape index (κ3) is 3.74. The van der Waals surface area contributed by atoms with Gasteiger partial charge in [-0.05, 0) is 48.4 Å². The molecule has 0 aliphatic rings. The topological polar surface area (TPSA) is 68.9 Å². The smallest absolute Gasteiger partial charge is 0.239 e. The lowest BCUT2D eigenvalue weighted by Gasteiger charge is -2.09. The molecule has 0 aliphatic heterocycles. The van der Waals surface area contributed by atoms with E-state index in [4.69, 9.17) is 9.15 Å². The predicted octanol–water partition coefficient (Wildman–Crippen LogP) is 5.07. The number of aryl methyl sites for hydroxylation is 1. The van der Waals surface area contributed by atoms with Gasteiger partial charge in [0.05, 0.1) is 17.7 Å². The first kappa shape index (κ1) is 19.9. The molecule has 3 aromatic carbocycles. The summed E-state index contributed by atoms with van der Waals surface area (Å²) in [6.45, 7) is 2.05. The molecular weight excluding hydrogens is 398 g/mol. The number of hydrogen-bond acceptors (Lipinski definition) is 5. The summed E-state index contributed by atoms with van der Waals surface area (Å²) >= 11 is 0. The normalized spacial score (nSPS) is 12.3. The van der Waals surface area contributed by atoms with Crippen LogP contribution in [0.1, 0.15) is 12.5 Å². The lowest BCUT2D eigenvalue weighted by Crippen LogP contribution is -2.16. The minimum absolute atomic E-state index is 0.0105. The first-order chi connectivity index (χ1) is 14.5. The molecule has 0 radical (unpaired) electrons. The average Bonchev–Trinajstić information content (AvgIpc) is 2.79. The molecule has 0 unspecified atom stereocenters. The highest BCUT2D eigenvalue weighted by Gasteiger charge is 2.23. The lowest BCUT2D eigenvalue weighted by molar-refractivity contribution is 0.404. The Morgan fingerprint density at radius 2 is 1.70 bits per heavy atom. The van der Waals surface area contributed by atoms with Crippen LogP contribution in [0.2, 0.25) is 0 Å². The van der Waals surface area contributed by atoms with Crippen LogP contribution in [0.15, 0.2) is 98.1 Å². The van der Waals surface area contributed by atoms with E-state index in [2.05, 4.69) is 11.9 Å². The molecule has 0 spiro atoms. The molecule has 0 atom stereocenters. The van der Waals surface area contributed by atoms with Gasteiger partial charge in [-0.2, -0.15) is 0 Å². The number of methoxy groups -OCH3 is 1. The van der Waals surface area contributed by atoms with Gasteiger partial charge in [0.15, 0.2) is 11.3 Å². The number of para-hydroxylation sites is 1. The van der Waals surface area contributed by atoms with E-state index in [9.17, 15) is 8.42 Å².